The van der Waals surface area contributed by atoms with E-state index in [1.807, 2.05) is 0 Å². The lowest BCUT2D eigenvalue weighted by atomic mass is 9.91. The fourth-order valence-electron chi connectivity index (χ4n) is 5.07. The molecule has 0 N–H and O–H groups in total. The van der Waals surface area contributed by atoms with E-state index < -0.39 is 0 Å². The van der Waals surface area contributed by atoms with Crippen LogP contribution in [0, 0.1) is 0 Å². The molecule has 0 saturated heterocycles. The predicted molar refractivity (Wildman–Crippen MR) is 137 cm³/mol. The van der Waals surface area contributed by atoms with Gasteiger partial charge in [0, 0.05) is 27.1 Å². The molecule has 0 spiro atoms. The van der Waals surface area contributed by atoms with E-state index in [-0.39, 0.29) is 0 Å². The van der Waals surface area contributed by atoms with Crippen molar-refractivity contribution < 1.29 is 0 Å². The first-order valence-corrected chi connectivity index (χ1v) is 11.0. The predicted octanol–water partition coefficient (Wildman–Crippen LogP) is 8.51. The second-order valence-corrected chi connectivity index (χ2v) is 8.41. The van der Waals surface area contributed by atoms with Gasteiger partial charge in [-0.05, 0) is 33.2 Å². The van der Waals surface area contributed by atoms with Gasteiger partial charge in [-0.15, -0.1) is 0 Å². The van der Waals surface area contributed by atoms with Gasteiger partial charge in [0.05, 0.1) is 11.0 Å². The zero-order valence-corrected chi connectivity index (χ0v) is 17.4. The minimum Gasteiger partial charge on any atom is -0.246 e. The Hall–Kier alpha value is -4.23. The van der Waals surface area contributed by atoms with Gasteiger partial charge in [0.25, 0.3) is 0 Å². The number of nitrogens with zero attached hydrogens (tertiary/aromatic N) is 1. The van der Waals surface area contributed by atoms with Gasteiger partial charge in [-0.1, -0.05) is 109 Å². The summed E-state index contributed by atoms with van der Waals surface area (Å²) in [6, 6.07) is 41.4. The van der Waals surface area contributed by atoms with E-state index in [4.69, 9.17) is 4.98 Å². The van der Waals surface area contributed by atoms with Gasteiger partial charge in [0.15, 0.2) is 0 Å². The Kier molecular flexibility index (Phi) is 3.62. The van der Waals surface area contributed by atoms with Crippen LogP contribution in [0.4, 0.5) is 0 Å². The van der Waals surface area contributed by atoms with E-state index in [1.54, 1.807) is 0 Å². The molecular weight excluding hydrogens is 386 g/mol. The Morgan fingerprint density at radius 2 is 0.875 bits per heavy atom. The van der Waals surface area contributed by atoms with Crippen LogP contribution in [-0.4, -0.2) is 4.98 Å². The van der Waals surface area contributed by atoms with Crippen LogP contribution in [0.25, 0.3) is 65.3 Å². The number of benzene rings is 6. The SMILES string of the molecule is c1ccc2cc(-c3c4ccc5ccccc5c4nc4c3ccc3ccccc34)ccc2c1. The highest BCUT2D eigenvalue weighted by Gasteiger charge is 2.15. The number of hydrogen-bond acceptors (Lipinski definition) is 1. The summed E-state index contributed by atoms with van der Waals surface area (Å²) in [5.74, 6) is 0. The third-order valence-electron chi connectivity index (χ3n) is 6.60. The fourth-order valence-corrected chi connectivity index (χ4v) is 5.07. The van der Waals surface area contributed by atoms with Crippen LogP contribution in [-0.2, 0) is 0 Å². The van der Waals surface area contributed by atoms with Gasteiger partial charge < -0.3 is 0 Å². The highest BCUT2D eigenvalue weighted by atomic mass is 14.7. The lowest BCUT2D eigenvalue weighted by Gasteiger charge is -2.15. The van der Waals surface area contributed by atoms with Crippen LogP contribution in [0.15, 0.2) is 115 Å². The second kappa shape index (κ2) is 6.63. The summed E-state index contributed by atoms with van der Waals surface area (Å²) in [5, 5.41) is 9.74. The largest absolute Gasteiger partial charge is 0.246 e. The normalized spacial score (nSPS) is 11.8. The Morgan fingerprint density at radius 3 is 1.50 bits per heavy atom. The molecule has 0 aliphatic carbocycles. The molecule has 0 bridgehead atoms. The first-order chi connectivity index (χ1) is 15.9. The second-order valence-electron chi connectivity index (χ2n) is 8.41. The maximum Gasteiger partial charge on any atom is 0.0794 e. The molecule has 1 aromatic heterocycles. The van der Waals surface area contributed by atoms with Gasteiger partial charge >= 0.3 is 0 Å². The number of pyridine rings is 1. The lowest BCUT2D eigenvalue weighted by Crippen LogP contribution is -1.92. The molecule has 32 heavy (non-hydrogen) atoms. The van der Waals surface area contributed by atoms with Crippen molar-refractivity contribution in [3.05, 3.63) is 115 Å². The average Bonchev–Trinajstić information content (AvgIpc) is 2.87. The quantitative estimate of drug-likeness (QED) is 0.197. The monoisotopic (exact) mass is 405 g/mol. The molecular formula is C31H19N. The smallest absolute Gasteiger partial charge is 0.0794 e. The standard InChI is InChI=1S/C31H19N/c1-2-10-23-19-24(14-13-20(23)7-1)29-27-17-15-21-8-3-5-11-25(21)30(27)32-31-26-12-6-4-9-22(26)16-18-28(29)31/h1-19H. The van der Waals surface area contributed by atoms with E-state index in [2.05, 4.69) is 115 Å². The van der Waals surface area contributed by atoms with E-state index >= 15 is 0 Å². The van der Waals surface area contributed by atoms with Crippen LogP contribution < -0.4 is 0 Å². The third kappa shape index (κ3) is 2.48. The molecule has 7 rings (SSSR count). The number of hydrogen-bond donors (Lipinski definition) is 0. The van der Waals surface area contributed by atoms with Crippen molar-refractivity contribution in [2.24, 2.45) is 0 Å². The van der Waals surface area contributed by atoms with Crippen LogP contribution in [0.3, 0.4) is 0 Å². The molecule has 0 aliphatic rings. The Morgan fingerprint density at radius 1 is 0.375 bits per heavy atom. The van der Waals surface area contributed by atoms with Gasteiger partial charge in [-0.3, -0.25) is 0 Å². The van der Waals surface area contributed by atoms with Crippen molar-refractivity contribution in [1.29, 1.82) is 0 Å². The Bertz CT molecular complexity index is 1730. The topological polar surface area (TPSA) is 12.9 Å². The van der Waals surface area contributed by atoms with Crippen LogP contribution >= 0.6 is 0 Å². The van der Waals surface area contributed by atoms with Crippen LogP contribution in [0.5, 0.6) is 0 Å². The summed E-state index contributed by atoms with van der Waals surface area (Å²) in [7, 11) is 0. The number of rotatable bonds is 1. The van der Waals surface area contributed by atoms with E-state index in [1.165, 1.54) is 54.2 Å². The van der Waals surface area contributed by atoms with Crippen molar-refractivity contribution >= 4 is 54.1 Å². The summed E-state index contributed by atoms with van der Waals surface area (Å²) in [4.78, 5) is 5.28. The molecule has 7 aromatic rings. The third-order valence-corrected chi connectivity index (χ3v) is 6.60. The molecule has 148 valence electrons. The summed E-state index contributed by atoms with van der Waals surface area (Å²) in [6.45, 7) is 0. The fraction of sp³-hybridized carbons (Fsp3) is 0. The van der Waals surface area contributed by atoms with Crippen molar-refractivity contribution in [1.82, 2.24) is 4.98 Å². The van der Waals surface area contributed by atoms with Crippen molar-refractivity contribution in [3.63, 3.8) is 0 Å². The summed E-state index contributed by atoms with van der Waals surface area (Å²) in [6.07, 6.45) is 0. The van der Waals surface area contributed by atoms with Gasteiger partial charge in [-0.25, -0.2) is 4.98 Å². The first kappa shape index (κ1) is 17.5. The first-order valence-electron chi connectivity index (χ1n) is 11.0. The maximum absolute atomic E-state index is 5.28. The van der Waals surface area contributed by atoms with Gasteiger partial charge in [0.2, 0.25) is 0 Å². The van der Waals surface area contributed by atoms with E-state index in [0.717, 1.165) is 11.0 Å². The van der Waals surface area contributed by atoms with Crippen LogP contribution in [0.1, 0.15) is 0 Å². The van der Waals surface area contributed by atoms with Crippen molar-refractivity contribution in [2.45, 2.75) is 0 Å². The number of fused-ring (bicyclic) bond motifs is 7. The van der Waals surface area contributed by atoms with E-state index in [0.29, 0.717) is 0 Å². The molecule has 1 heteroatoms. The van der Waals surface area contributed by atoms with Gasteiger partial charge in [-0.2, -0.15) is 0 Å². The minimum atomic E-state index is 1.06. The lowest BCUT2D eigenvalue weighted by molar-refractivity contribution is 1.53. The molecule has 1 nitrogen and oxygen atoms in total. The molecule has 0 atom stereocenters. The summed E-state index contributed by atoms with van der Waals surface area (Å²) >= 11 is 0. The highest BCUT2D eigenvalue weighted by Crippen LogP contribution is 2.40. The highest BCUT2D eigenvalue weighted by molar-refractivity contribution is 6.21. The molecule has 6 aromatic carbocycles. The van der Waals surface area contributed by atoms with Crippen molar-refractivity contribution in [3.8, 4) is 11.1 Å². The number of aromatic nitrogens is 1. The van der Waals surface area contributed by atoms with Gasteiger partial charge in [0.1, 0.15) is 0 Å². The van der Waals surface area contributed by atoms with Crippen LogP contribution in [0.2, 0.25) is 0 Å². The summed E-state index contributed by atoms with van der Waals surface area (Å²) in [5.41, 5.74) is 4.61. The van der Waals surface area contributed by atoms with Crippen molar-refractivity contribution in [2.75, 3.05) is 0 Å². The average molecular weight is 406 g/mol. The Balaban J connectivity index is 1.72. The molecule has 0 aliphatic heterocycles. The molecule has 1 heterocycles. The molecule has 0 fully saturated rings. The molecule has 0 saturated carbocycles. The Labute approximate surface area is 185 Å². The molecule has 0 radical (unpaired) electrons. The minimum absolute atomic E-state index is 1.06. The summed E-state index contributed by atoms with van der Waals surface area (Å²) < 4.78 is 0. The maximum atomic E-state index is 5.28. The molecule has 0 unspecified atom stereocenters. The van der Waals surface area contributed by atoms with E-state index in [9.17, 15) is 0 Å². The zero-order chi connectivity index (χ0) is 21.1. The molecule has 0 amide bonds. The zero-order valence-electron chi connectivity index (χ0n) is 17.4.